The van der Waals surface area contributed by atoms with Crippen LogP contribution in [0, 0.1) is 0 Å². The van der Waals surface area contributed by atoms with Gasteiger partial charge in [0.25, 0.3) is 0 Å². The third-order valence-corrected chi connectivity index (χ3v) is 3.03. The lowest BCUT2D eigenvalue weighted by molar-refractivity contribution is 0.614. The van der Waals surface area contributed by atoms with Gasteiger partial charge in [0.1, 0.15) is 0 Å². The Bertz CT molecular complexity index is 209. The molecular formula is C8H12N2S. The van der Waals surface area contributed by atoms with Gasteiger partial charge in [0, 0.05) is 4.88 Å². The Hall–Kier alpha value is -0.440. The second kappa shape index (κ2) is 3.30. The van der Waals surface area contributed by atoms with E-state index in [0.29, 0.717) is 0 Å². The molecule has 0 fully saturated rings. The Balaban J connectivity index is 2.18. The van der Waals surface area contributed by atoms with Crippen molar-refractivity contribution < 1.29 is 0 Å². The van der Waals surface area contributed by atoms with Crippen LogP contribution in [0.5, 0.6) is 0 Å². The standard InChI is InChI=1S/C8H12N2S/c1-2-4-6-8-7(5-3-1)9-10-11-8/h1-6H2. The molecule has 0 spiro atoms. The highest BCUT2D eigenvalue weighted by Crippen LogP contribution is 2.20. The molecule has 1 aliphatic carbocycles. The Kier molecular flexibility index (Phi) is 2.17. The molecular weight excluding hydrogens is 156 g/mol. The van der Waals surface area contributed by atoms with Crippen molar-refractivity contribution in [2.75, 3.05) is 0 Å². The van der Waals surface area contributed by atoms with Crippen molar-refractivity contribution in [3.63, 3.8) is 0 Å². The molecule has 1 aliphatic rings. The van der Waals surface area contributed by atoms with E-state index in [1.807, 2.05) is 0 Å². The van der Waals surface area contributed by atoms with Crippen LogP contribution in [-0.2, 0) is 12.8 Å². The van der Waals surface area contributed by atoms with Crippen LogP contribution in [-0.4, -0.2) is 9.59 Å². The van der Waals surface area contributed by atoms with Gasteiger partial charge in [0.2, 0.25) is 0 Å². The maximum atomic E-state index is 4.13. The van der Waals surface area contributed by atoms with E-state index in [9.17, 15) is 0 Å². The number of aryl methyl sites for hydroxylation is 2. The molecule has 0 aromatic carbocycles. The highest BCUT2D eigenvalue weighted by molar-refractivity contribution is 7.05. The number of aromatic nitrogens is 2. The largest absolute Gasteiger partial charge is 0.143 e. The van der Waals surface area contributed by atoms with Gasteiger partial charge >= 0.3 is 0 Å². The third-order valence-electron chi connectivity index (χ3n) is 2.20. The summed E-state index contributed by atoms with van der Waals surface area (Å²) in [5.74, 6) is 0. The minimum atomic E-state index is 1.16. The molecule has 1 heterocycles. The van der Waals surface area contributed by atoms with Gasteiger partial charge in [-0.05, 0) is 37.2 Å². The van der Waals surface area contributed by atoms with Gasteiger partial charge in [-0.25, -0.2) is 0 Å². The molecule has 0 N–H and O–H groups in total. The summed E-state index contributed by atoms with van der Waals surface area (Å²) in [7, 11) is 0. The number of hydrogen-bond donors (Lipinski definition) is 0. The van der Waals surface area contributed by atoms with Gasteiger partial charge in [-0.15, -0.1) is 5.10 Å². The molecule has 0 bridgehead atoms. The minimum Gasteiger partial charge on any atom is -0.143 e. The van der Waals surface area contributed by atoms with E-state index in [4.69, 9.17) is 0 Å². The van der Waals surface area contributed by atoms with Crippen molar-refractivity contribution in [2.45, 2.75) is 38.5 Å². The first-order valence-electron chi connectivity index (χ1n) is 4.27. The van der Waals surface area contributed by atoms with Crippen molar-refractivity contribution in [3.8, 4) is 0 Å². The van der Waals surface area contributed by atoms with Gasteiger partial charge < -0.3 is 0 Å². The van der Waals surface area contributed by atoms with Crippen LogP contribution in [0.4, 0.5) is 0 Å². The minimum absolute atomic E-state index is 1.16. The number of nitrogens with zero attached hydrogens (tertiary/aromatic N) is 2. The molecule has 0 aliphatic heterocycles. The molecule has 60 valence electrons. The van der Waals surface area contributed by atoms with Crippen molar-refractivity contribution >= 4 is 11.5 Å². The van der Waals surface area contributed by atoms with Crippen molar-refractivity contribution in [2.24, 2.45) is 0 Å². The normalized spacial score (nSPS) is 18.5. The number of hydrogen-bond acceptors (Lipinski definition) is 3. The number of rotatable bonds is 0. The summed E-state index contributed by atoms with van der Waals surface area (Å²) in [6, 6.07) is 0. The molecule has 2 rings (SSSR count). The fourth-order valence-corrected chi connectivity index (χ4v) is 2.26. The molecule has 2 nitrogen and oxygen atoms in total. The quantitative estimate of drug-likeness (QED) is 0.593. The van der Waals surface area contributed by atoms with E-state index in [-0.39, 0.29) is 0 Å². The molecule has 0 saturated heterocycles. The SMILES string of the molecule is C1CCCc2snnc2CC1. The smallest absolute Gasteiger partial charge is 0.0787 e. The Morgan fingerprint density at radius 2 is 1.82 bits per heavy atom. The van der Waals surface area contributed by atoms with Crippen LogP contribution in [0.1, 0.15) is 36.3 Å². The topological polar surface area (TPSA) is 25.8 Å². The molecule has 0 amide bonds. The Labute approximate surface area is 70.8 Å². The molecule has 0 radical (unpaired) electrons. The van der Waals surface area contributed by atoms with E-state index in [2.05, 4.69) is 9.59 Å². The zero-order valence-electron chi connectivity index (χ0n) is 6.55. The fourth-order valence-electron chi connectivity index (χ4n) is 1.54. The average Bonchev–Trinajstić information content (AvgIpc) is 2.35. The van der Waals surface area contributed by atoms with Gasteiger partial charge in [-0.1, -0.05) is 17.3 Å². The molecule has 0 unspecified atom stereocenters. The zero-order valence-corrected chi connectivity index (χ0v) is 7.36. The lowest BCUT2D eigenvalue weighted by atomic mass is 10.0. The lowest BCUT2D eigenvalue weighted by Gasteiger charge is -2.05. The first-order chi connectivity index (χ1) is 5.47. The van der Waals surface area contributed by atoms with Crippen LogP contribution < -0.4 is 0 Å². The monoisotopic (exact) mass is 168 g/mol. The maximum Gasteiger partial charge on any atom is 0.0787 e. The summed E-state index contributed by atoms with van der Waals surface area (Å²) in [6.45, 7) is 0. The second-order valence-electron chi connectivity index (χ2n) is 3.06. The van der Waals surface area contributed by atoms with Crippen LogP contribution in [0.15, 0.2) is 0 Å². The molecule has 11 heavy (non-hydrogen) atoms. The number of fused-ring (bicyclic) bond motifs is 1. The fraction of sp³-hybridized carbons (Fsp3) is 0.750. The highest BCUT2D eigenvalue weighted by Gasteiger charge is 2.09. The van der Waals surface area contributed by atoms with Crippen molar-refractivity contribution in [3.05, 3.63) is 10.6 Å². The summed E-state index contributed by atoms with van der Waals surface area (Å²) in [6.07, 6.45) is 7.77. The Morgan fingerprint density at radius 1 is 1.00 bits per heavy atom. The first kappa shape index (κ1) is 7.22. The summed E-state index contributed by atoms with van der Waals surface area (Å²) in [5, 5.41) is 4.13. The van der Waals surface area contributed by atoms with Crippen LogP contribution in [0.25, 0.3) is 0 Å². The van der Waals surface area contributed by atoms with E-state index in [1.54, 1.807) is 11.5 Å². The van der Waals surface area contributed by atoms with Gasteiger partial charge in [0.15, 0.2) is 0 Å². The van der Waals surface area contributed by atoms with Gasteiger partial charge in [0.05, 0.1) is 5.69 Å². The highest BCUT2D eigenvalue weighted by atomic mass is 32.1. The molecule has 3 heteroatoms. The molecule has 0 saturated carbocycles. The van der Waals surface area contributed by atoms with E-state index >= 15 is 0 Å². The van der Waals surface area contributed by atoms with Crippen LogP contribution in [0.2, 0.25) is 0 Å². The van der Waals surface area contributed by atoms with E-state index in [1.165, 1.54) is 42.7 Å². The van der Waals surface area contributed by atoms with Crippen LogP contribution in [0.3, 0.4) is 0 Å². The molecule has 1 aromatic heterocycles. The van der Waals surface area contributed by atoms with Gasteiger partial charge in [-0.2, -0.15) is 0 Å². The molecule has 1 aromatic rings. The molecule has 0 atom stereocenters. The second-order valence-corrected chi connectivity index (χ2v) is 3.90. The summed E-state index contributed by atoms with van der Waals surface area (Å²) >= 11 is 1.59. The summed E-state index contributed by atoms with van der Waals surface area (Å²) in [5.41, 5.74) is 1.27. The van der Waals surface area contributed by atoms with E-state index in [0.717, 1.165) is 6.42 Å². The maximum absolute atomic E-state index is 4.13. The summed E-state index contributed by atoms with van der Waals surface area (Å²) < 4.78 is 3.98. The Morgan fingerprint density at radius 3 is 2.73 bits per heavy atom. The van der Waals surface area contributed by atoms with Gasteiger partial charge in [-0.3, -0.25) is 0 Å². The zero-order chi connectivity index (χ0) is 7.52. The van der Waals surface area contributed by atoms with E-state index < -0.39 is 0 Å². The predicted octanol–water partition coefficient (Wildman–Crippen LogP) is 2.20. The third kappa shape index (κ3) is 1.59. The van der Waals surface area contributed by atoms with Crippen molar-refractivity contribution in [1.82, 2.24) is 9.59 Å². The first-order valence-corrected chi connectivity index (χ1v) is 5.04. The van der Waals surface area contributed by atoms with Crippen molar-refractivity contribution in [1.29, 1.82) is 0 Å². The lowest BCUT2D eigenvalue weighted by Crippen LogP contribution is -1.96. The predicted molar refractivity (Wildman–Crippen MR) is 45.8 cm³/mol. The summed E-state index contributed by atoms with van der Waals surface area (Å²) in [4.78, 5) is 1.43. The average molecular weight is 168 g/mol. The van der Waals surface area contributed by atoms with Crippen LogP contribution >= 0.6 is 11.5 Å².